The largest absolute Gasteiger partial charge is 0.508 e. The number of benzene rings is 1. The summed E-state index contributed by atoms with van der Waals surface area (Å²) >= 11 is 0. The van der Waals surface area contributed by atoms with Crippen LogP contribution in [0.2, 0.25) is 0 Å². The Hall–Kier alpha value is -1.77. The fourth-order valence-electron chi connectivity index (χ4n) is 2.66. The van der Waals surface area contributed by atoms with E-state index in [0.29, 0.717) is 12.2 Å². The summed E-state index contributed by atoms with van der Waals surface area (Å²) in [6.45, 7) is 2.71. The highest BCUT2D eigenvalue weighted by atomic mass is 16.5. The maximum absolute atomic E-state index is 11.8. The Labute approximate surface area is 153 Å². The molecule has 0 spiro atoms. The van der Waals surface area contributed by atoms with Gasteiger partial charge in [-0.3, -0.25) is 0 Å². The van der Waals surface area contributed by atoms with Gasteiger partial charge >= 0.3 is 5.97 Å². The summed E-state index contributed by atoms with van der Waals surface area (Å²) in [7, 11) is 0. The van der Waals surface area contributed by atoms with Gasteiger partial charge in [0.25, 0.3) is 0 Å². The average Bonchev–Trinajstić information content (AvgIpc) is 2.62. The molecule has 0 aliphatic heterocycles. The molecule has 0 aromatic heterocycles. The third-order valence-electron chi connectivity index (χ3n) is 4.24. The maximum atomic E-state index is 11.8. The number of hydrogen-bond donors (Lipinski definition) is 1. The second-order valence-corrected chi connectivity index (χ2v) is 6.56. The number of ether oxygens (including phenoxy) is 1. The standard InChI is InChI=1S/C22H34O3/c1-2-3-4-5-6-7-8-9-10-11-12-13-14-19-25-22(24)20-15-17-21(23)18-16-20/h9-10,15-18,23H,2-8,11-14,19H2,1H3/b10-9+. The summed E-state index contributed by atoms with van der Waals surface area (Å²) in [4.78, 5) is 11.8. The number of phenols is 1. The second-order valence-electron chi connectivity index (χ2n) is 6.56. The van der Waals surface area contributed by atoms with E-state index < -0.39 is 0 Å². The Bertz CT molecular complexity index is 477. The Morgan fingerprint density at radius 2 is 1.44 bits per heavy atom. The van der Waals surface area contributed by atoms with E-state index in [0.717, 1.165) is 25.7 Å². The molecule has 0 saturated heterocycles. The number of aromatic hydroxyl groups is 1. The third kappa shape index (κ3) is 11.4. The van der Waals surface area contributed by atoms with E-state index in [-0.39, 0.29) is 11.7 Å². The molecule has 0 unspecified atom stereocenters. The lowest BCUT2D eigenvalue weighted by molar-refractivity contribution is 0.0498. The zero-order chi connectivity index (χ0) is 18.2. The van der Waals surface area contributed by atoms with Crippen LogP contribution in [0.3, 0.4) is 0 Å². The first-order valence-corrected chi connectivity index (χ1v) is 9.85. The van der Waals surface area contributed by atoms with Crippen LogP contribution in [0.15, 0.2) is 36.4 Å². The first-order valence-electron chi connectivity index (χ1n) is 9.85. The molecular formula is C22H34O3. The average molecular weight is 347 g/mol. The van der Waals surface area contributed by atoms with Crippen molar-refractivity contribution in [2.24, 2.45) is 0 Å². The number of esters is 1. The van der Waals surface area contributed by atoms with Gasteiger partial charge in [0.1, 0.15) is 5.75 Å². The van der Waals surface area contributed by atoms with Gasteiger partial charge in [-0.25, -0.2) is 4.79 Å². The summed E-state index contributed by atoms with van der Waals surface area (Å²) in [6, 6.07) is 6.14. The molecule has 0 aliphatic carbocycles. The van der Waals surface area contributed by atoms with Gasteiger partial charge < -0.3 is 9.84 Å². The van der Waals surface area contributed by atoms with Crippen LogP contribution in [0.25, 0.3) is 0 Å². The lowest BCUT2D eigenvalue weighted by Crippen LogP contribution is -2.06. The molecule has 0 aliphatic rings. The van der Waals surface area contributed by atoms with Gasteiger partial charge in [0.15, 0.2) is 0 Å². The van der Waals surface area contributed by atoms with Crippen LogP contribution in [0, 0.1) is 0 Å². The molecule has 1 N–H and O–H groups in total. The van der Waals surface area contributed by atoms with Crippen molar-refractivity contribution in [1.29, 1.82) is 0 Å². The molecule has 1 aromatic rings. The molecule has 140 valence electrons. The van der Waals surface area contributed by atoms with Crippen molar-refractivity contribution in [2.75, 3.05) is 6.61 Å². The van der Waals surface area contributed by atoms with Gasteiger partial charge in [-0.05, 0) is 62.8 Å². The van der Waals surface area contributed by atoms with E-state index in [4.69, 9.17) is 4.74 Å². The number of carbonyl (C=O) groups is 1. The predicted octanol–water partition coefficient (Wildman–Crippen LogP) is 6.42. The molecule has 0 heterocycles. The second kappa shape index (κ2) is 14.6. The first-order chi connectivity index (χ1) is 12.2. The molecule has 0 saturated carbocycles. The molecule has 0 fully saturated rings. The molecule has 3 nitrogen and oxygen atoms in total. The van der Waals surface area contributed by atoms with Crippen LogP contribution >= 0.6 is 0 Å². The monoisotopic (exact) mass is 346 g/mol. The highest BCUT2D eigenvalue weighted by Crippen LogP contribution is 2.11. The molecule has 25 heavy (non-hydrogen) atoms. The van der Waals surface area contributed by atoms with Gasteiger partial charge in [0.2, 0.25) is 0 Å². The quantitative estimate of drug-likeness (QED) is 0.240. The van der Waals surface area contributed by atoms with Crippen LogP contribution in [0.5, 0.6) is 5.75 Å². The number of hydrogen-bond acceptors (Lipinski definition) is 3. The summed E-state index contributed by atoms with van der Waals surface area (Å²) in [5.41, 5.74) is 0.482. The zero-order valence-corrected chi connectivity index (χ0v) is 15.7. The summed E-state index contributed by atoms with van der Waals surface area (Å²) in [6.07, 6.45) is 18.2. The van der Waals surface area contributed by atoms with Crippen molar-refractivity contribution in [1.82, 2.24) is 0 Å². The number of rotatable bonds is 14. The molecular weight excluding hydrogens is 312 g/mol. The fraction of sp³-hybridized carbons (Fsp3) is 0.591. The minimum absolute atomic E-state index is 0.154. The maximum Gasteiger partial charge on any atom is 0.338 e. The molecule has 0 radical (unpaired) electrons. The fourth-order valence-corrected chi connectivity index (χ4v) is 2.66. The Morgan fingerprint density at radius 1 is 0.880 bits per heavy atom. The molecule has 1 aromatic carbocycles. The van der Waals surface area contributed by atoms with Gasteiger partial charge in [-0.1, -0.05) is 51.2 Å². The summed E-state index contributed by atoms with van der Waals surface area (Å²) < 4.78 is 5.23. The molecule has 0 amide bonds. The molecule has 0 bridgehead atoms. The molecule has 3 heteroatoms. The van der Waals surface area contributed by atoms with E-state index in [2.05, 4.69) is 19.1 Å². The normalized spacial score (nSPS) is 11.1. The Morgan fingerprint density at radius 3 is 2.08 bits per heavy atom. The van der Waals surface area contributed by atoms with Crippen LogP contribution in [-0.2, 0) is 4.74 Å². The van der Waals surface area contributed by atoms with Crippen molar-refractivity contribution >= 4 is 5.97 Å². The van der Waals surface area contributed by atoms with Gasteiger partial charge in [0, 0.05) is 0 Å². The van der Waals surface area contributed by atoms with E-state index in [9.17, 15) is 9.90 Å². The number of allylic oxidation sites excluding steroid dienone is 2. The number of phenolic OH excluding ortho intramolecular Hbond substituents is 1. The smallest absolute Gasteiger partial charge is 0.338 e. The Kier molecular flexibility index (Phi) is 12.4. The highest BCUT2D eigenvalue weighted by molar-refractivity contribution is 5.89. The van der Waals surface area contributed by atoms with Crippen molar-refractivity contribution in [3.63, 3.8) is 0 Å². The minimum Gasteiger partial charge on any atom is -0.508 e. The van der Waals surface area contributed by atoms with E-state index in [1.807, 2.05) is 0 Å². The minimum atomic E-state index is -0.321. The van der Waals surface area contributed by atoms with Crippen molar-refractivity contribution in [3.05, 3.63) is 42.0 Å². The van der Waals surface area contributed by atoms with Crippen molar-refractivity contribution in [3.8, 4) is 5.75 Å². The van der Waals surface area contributed by atoms with Crippen molar-refractivity contribution in [2.45, 2.75) is 77.6 Å². The van der Waals surface area contributed by atoms with Crippen LogP contribution in [0.1, 0.15) is 87.9 Å². The van der Waals surface area contributed by atoms with Gasteiger partial charge in [-0.2, -0.15) is 0 Å². The first kappa shape index (κ1) is 21.3. The van der Waals surface area contributed by atoms with E-state index in [1.54, 1.807) is 12.1 Å². The summed E-state index contributed by atoms with van der Waals surface area (Å²) in [5, 5.41) is 9.19. The topological polar surface area (TPSA) is 46.5 Å². The molecule has 1 rings (SSSR count). The Balaban J connectivity index is 1.90. The molecule has 0 atom stereocenters. The SMILES string of the molecule is CCCCCCCC/C=C/CCCCCOC(=O)c1ccc(O)cc1. The van der Waals surface area contributed by atoms with Crippen LogP contribution in [0.4, 0.5) is 0 Å². The lowest BCUT2D eigenvalue weighted by Gasteiger charge is -2.04. The number of carbonyl (C=O) groups excluding carboxylic acids is 1. The lowest BCUT2D eigenvalue weighted by atomic mass is 10.1. The summed E-state index contributed by atoms with van der Waals surface area (Å²) in [5.74, 6) is -0.167. The van der Waals surface area contributed by atoms with E-state index >= 15 is 0 Å². The van der Waals surface area contributed by atoms with Crippen LogP contribution < -0.4 is 0 Å². The van der Waals surface area contributed by atoms with Crippen molar-refractivity contribution < 1.29 is 14.6 Å². The number of unbranched alkanes of at least 4 members (excludes halogenated alkanes) is 9. The predicted molar refractivity (Wildman–Crippen MR) is 104 cm³/mol. The van der Waals surface area contributed by atoms with E-state index in [1.165, 1.54) is 57.1 Å². The zero-order valence-electron chi connectivity index (χ0n) is 15.7. The van der Waals surface area contributed by atoms with Gasteiger partial charge in [-0.15, -0.1) is 0 Å². The van der Waals surface area contributed by atoms with Crippen LogP contribution in [-0.4, -0.2) is 17.7 Å². The third-order valence-corrected chi connectivity index (χ3v) is 4.24. The highest BCUT2D eigenvalue weighted by Gasteiger charge is 2.05. The van der Waals surface area contributed by atoms with Gasteiger partial charge in [0.05, 0.1) is 12.2 Å².